The van der Waals surface area contributed by atoms with Gasteiger partial charge < -0.3 is 10.1 Å². The second kappa shape index (κ2) is 4.62. The molecule has 1 aliphatic rings. The van der Waals surface area contributed by atoms with Gasteiger partial charge in [0.2, 0.25) is 0 Å². The number of nitrogens with zero attached hydrogens (tertiary/aromatic N) is 1. The first-order chi connectivity index (χ1) is 7.31. The van der Waals surface area contributed by atoms with Crippen LogP contribution >= 0.6 is 0 Å². The molecule has 15 heavy (non-hydrogen) atoms. The monoisotopic (exact) mass is 206 g/mol. The fraction of sp³-hybridized carbons (Fsp3) is 0.583. The molecule has 0 amide bonds. The first-order valence-electron chi connectivity index (χ1n) is 5.53. The zero-order valence-corrected chi connectivity index (χ0v) is 9.36. The van der Waals surface area contributed by atoms with Crippen molar-refractivity contribution in [2.24, 2.45) is 5.92 Å². The summed E-state index contributed by atoms with van der Waals surface area (Å²) < 4.78 is 5.33. The second-order valence-electron chi connectivity index (χ2n) is 4.23. The van der Waals surface area contributed by atoms with Crippen molar-refractivity contribution in [3.05, 3.63) is 24.0 Å². The van der Waals surface area contributed by atoms with Gasteiger partial charge in [0.1, 0.15) is 5.75 Å². The van der Waals surface area contributed by atoms with Gasteiger partial charge in [-0.25, -0.2) is 0 Å². The SMILES string of the molecule is COc1cccnc1C1CC(C)CCN1. The summed E-state index contributed by atoms with van der Waals surface area (Å²) >= 11 is 0. The van der Waals surface area contributed by atoms with Gasteiger partial charge >= 0.3 is 0 Å². The van der Waals surface area contributed by atoms with Crippen LogP contribution < -0.4 is 10.1 Å². The number of methoxy groups -OCH3 is 1. The summed E-state index contributed by atoms with van der Waals surface area (Å²) in [5.41, 5.74) is 1.05. The number of rotatable bonds is 2. The fourth-order valence-corrected chi connectivity index (χ4v) is 2.15. The molecular weight excluding hydrogens is 188 g/mol. The fourth-order valence-electron chi connectivity index (χ4n) is 2.15. The zero-order valence-electron chi connectivity index (χ0n) is 9.36. The summed E-state index contributed by atoms with van der Waals surface area (Å²) in [5, 5.41) is 3.50. The molecule has 1 aliphatic heterocycles. The van der Waals surface area contributed by atoms with Crippen molar-refractivity contribution in [1.82, 2.24) is 10.3 Å². The average molecular weight is 206 g/mol. The summed E-state index contributed by atoms with van der Waals surface area (Å²) in [6.45, 7) is 3.37. The van der Waals surface area contributed by atoms with Gasteiger partial charge in [0, 0.05) is 6.20 Å². The number of aromatic nitrogens is 1. The third kappa shape index (κ3) is 2.29. The van der Waals surface area contributed by atoms with E-state index in [9.17, 15) is 0 Å². The predicted molar refractivity (Wildman–Crippen MR) is 59.9 cm³/mol. The Bertz CT molecular complexity index is 327. The Balaban J connectivity index is 2.20. The maximum absolute atomic E-state index is 5.33. The van der Waals surface area contributed by atoms with Crippen molar-refractivity contribution >= 4 is 0 Å². The van der Waals surface area contributed by atoms with Crippen LogP contribution in [0.4, 0.5) is 0 Å². The highest BCUT2D eigenvalue weighted by molar-refractivity contribution is 5.29. The largest absolute Gasteiger partial charge is 0.495 e. The normalized spacial score (nSPS) is 26.3. The Labute approximate surface area is 90.9 Å². The lowest BCUT2D eigenvalue weighted by Gasteiger charge is -2.28. The molecule has 1 aromatic heterocycles. The molecule has 0 aromatic carbocycles. The maximum Gasteiger partial charge on any atom is 0.141 e. The van der Waals surface area contributed by atoms with Crippen LogP contribution in [-0.4, -0.2) is 18.6 Å². The molecule has 82 valence electrons. The molecule has 2 rings (SSSR count). The molecule has 2 atom stereocenters. The molecule has 1 aromatic rings. The number of hydrogen-bond donors (Lipinski definition) is 1. The molecule has 3 nitrogen and oxygen atoms in total. The van der Waals surface area contributed by atoms with E-state index in [1.165, 1.54) is 6.42 Å². The lowest BCUT2D eigenvalue weighted by Crippen LogP contribution is -2.31. The van der Waals surface area contributed by atoms with Crippen LogP contribution in [0.1, 0.15) is 31.5 Å². The van der Waals surface area contributed by atoms with E-state index in [4.69, 9.17) is 4.74 Å². The van der Waals surface area contributed by atoms with Crippen LogP contribution in [-0.2, 0) is 0 Å². The molecule has 2 heterocycles. The molecule has 1 saturated heterocycles. The molecule has 0 spiro atoms. The van der Waals surface area contributed by atoms with Gasteiger partial charge in [0.15, 0.2) is 0 Å². The smallest absolute Gasteiger partial charge is 0.141 e. The summed E-state index contributed by atoms with van der Waals surface area (Å²) in [6.07, 6.45) is 4.23. The van der Waals surface area contributed by atoms with E-state index in [0.29, 0.717) is 6.04 Å². The number of piperidine rings is 1. The summed E-state index contributed by atoms with van der Waals surface area (Å²) in [7, 11) is 1.70. The third-order valence-electron chi connectivity index (χ3n) is 3.02. The highest BCUT2D eigenvalue weighted by atomic mass is 16.5. The van der Waals surface area contributed by atoms with Gasteiger partial charge in [0.05, 0.1) is 18.8 Å². The van der Waals surface area contributed by atoms with Gasteiger partial charge in [-0.15, -0.1) is 0 Å². The lowest BCUT2D eigenvalue weighted by molar-refractivity contribution is 0.309. The number of nitrogens with one attached hydrogen (secondary N) is 1. The topological polar surface area (TPSA) is 34.1 Å². The van der Waals surface area contributed by atoms with Gasteiger partial charge in [-0.1, -0.05) is 6.92 Å². The number of pyridine rings is 1. The highest BCUT2D eigenvalue weighted by Gasteiger charge is 2.23. The standard InChI is InChI=1S/C12H18N2O/c1-9-5-7-13-10(8-9)12-11(15-2)4-3-6-14-12/h3-4,6,9-10,13H,5,7-8H2,1-2H3. The predicted octanol–water partition coefficient (Wildman–Crippen LogP) is 2.15. The zero-order chi connectivity index (χ0) is 10.7. The minimum Gasteiger partial charge on any atom is -0.495 e. The van der Waals surface area contributed by atoms with E-state index in [0.717, 1.165) is 30.3 Å². The van der Waals surface area contributed by atoms with E-state index < -0.39 is 0 Å². The van der Waals surface area contributed by atoms with Gasteiger partial charge in [-0.2, -0.15) is 0 Å². The Morgan fingerprint density at radius 1 is 1.53 bits per heavy atom. The van der Waals surface area contributed by atoms with E-state index >= 15 is 0 Å². The van der Waals surface area contributed by atoms with Crippen molar-refractivity contribution in [3.63, 3.8) is 0 Å². The Morgan fingerprint density at radius 2 is 2.40 bits per heavy atom. The van der Waals surface area contributed by atoms with Gasteiger partial charge in [-0.3, -0.25) is 4.98 Å². The van der Waals surface area contributed by atoms with Crippen molar-refractivity contribution in [1.29, 1.82) is 0 Å². The van der Waals surface area contributed by atoms with E-state index in [1.807, 2.05) is 18.3 Å². The van der Waals surface area contributed by atoms with E-state index in [-0.39, 0.29) is 0 Å². The quantitative estimate of drug-likeness (QED) is 0.805. The van der Waals surface area contributed by atoms with Gasteiger partial charge in [-0.05, 0) is 37.4 Å². The van der Waals surface area contributed by atoms with E-state index in [1.54, 1.807) is 7.11 Å². The van der Waals surface area contributed by atoms with Crippen LogP contribution in [0.2, 0.25) is 0 Å². The Hall–Kier alpha value is -1.09. The lowest BCUT2D eigenvalue weighted by atomic mass is 9.92. The summed E-state index contributed by atoms with van der Waals surface area (Å²) in [5.74, 6) is 1.66. The minimum absolute atomic E-state index is 0.352. The molecule has 0 bridgehead atoms. The first kappa shape index (κ1) is 10.4. The molecule has 0 saturated carbocycles. The summed E-state index contributed by atoms with van der Waals surface area (Å²) in [6, 6.07) is 4.24. The summed E-state index contributed by atoms with van der Waals surface area (Å²) in [4.78, 5) is 4.42. The molecule has 3 heteroatoms. The molecular formula is C12H18N2O. The van der Waals surface area contributed by atoms with Crippen LogP contribution in [0.3, 0.4) is 0 Å². The van der Waals surface area contributed by atoms with Gasteiger partial charge in [0.25, 0.3) is 0 Å². The Morgan fingerprint density at radius 3 is 3.13 bits per heavy atom. The van der Waals surface area contributed by atoms with Crippen LogP contribution in [0.5, 0.6) is 5.75 Å². The third-order valence-corrected chi connectivity index (χ3v) is 3.02. The van der Waals surface area contributed by atoms with Crippen molar-refractivity contribution < 1.29 is 4.74 Å². The van der Waals surface area contributed by atoms with Crippen molar-refractivity contribution in [2.45, 2.75) is 25.8 Å². The molecule has 2 unspecified atom stereocenters. The molecule has 1 N–H and O–H groups in total. The van der Waals surface area contributed by atoms with Crippen LogP contribution in [0, 0.1) is 5.92 Å². The van der Waals surface area contributed by atoms with Crippen LogP contribution in [0.25, 0.3) is 0 Å². The second-order valence-corrected chi connectivity index (χ2v) is 4.23. The molecule has 0 aliphatic carbocycles. The van der Waals surface area contributed by atoms with Crippen LogP contribution in [0.15, 0.2) is 18.3 Å². The Kier molecular flexibility index (Phi) is 3.21. The average Bonchev–Trinajstić information content (AvgIpc) is 2.29. The number of ether oxygens (including phenoxy) is 1. The first-order valence-corrected chi connectivity index (χ1v) is 5.53. The molecule has 0 radical (unpaired) electrons. The molecule has 1 fully saturated rings. The van der Waals surface area contributed by atoms with Crippen molar-refractivity contribution in [2.75, 3.05) is 13.7 Å². The van der Waals surface area contributed by atoms with Crippen molar-refractivity contribution in [3.8, 4) is 5.75 Å². The maximum atomic E-state index is 5.33. The minimum atomic E-state index is 0.352. The van der Waals surface area contributed by atoms with E-state index in [2.05, 4.69) is 17.2 Å². The number of hydrogen-bond acceptors (Lipinski definition) is 3. The highest BCUT2D eigenvalue weighted by Crippen LogP contribution is 2.30.